The smallest absolute Gasteiger partial charge is 0.0726 e. The number of fused-ring (bicyclic) bond motifs is 10. The van der Waals surface area contributed by atoms with Gasteiger partial charge in [0.1, 0.15) is 0 Å². The van der Waals surface area contributed by atoms with Gasteiger partial charge in [-0.15, -0.1) is 0 Å². The average molecular weight is 712 g/mol. The number of benzene rings is 9. The zero-order valence-corrected chi connectivity index (χ0v) is 30.8. The van der Waals surface area contributed by atoms with E-state index in [0.717, 1.165) is 17.1 Å². The molecule has 0 fully saturated rings. The highest BCUT2D eigenvalue weighted by Crippen LogP contribution is 2.63. The van der Waals surface area contributed by atoms with Crippen LogP contribution in [-0.4, -0.2) is 0 Å². The van der Waals surface area contributed by atoms with Gasteiger partial charge in [-0.3, -0.25) is 0 Å². The Kier molecular flexibility index (Phi) is 7.47. The topological polar surface area (TPSA) is 3.24 Å². The second kappa shape index (κ2) is 13.0. The van der Waals surface area contributed by atoms with Crippen LogP contribution in [-0.2, 0) is 5.41 Å². The van der Waals surface area contributed by atoms with Crippen LogP contribution in [0.5, 0.6) is 0 Å². The van der Waals surface area contributed by atoms with Gasteiger partial charge in [-0.05, 0) is 120 Å². The molecule has 56 heavy (non-hydrogen) atoms. The first-order chi connectivity index (χ1) is 27.8. The fourth-order valence-corrected chi connectivity index (χ4v) is 9.44. The third-order valence-corrected chi connectivity index (χ3v) is 11.9. The van der Waals surface area contributed by atoms with Crippen LogP contribution in [0.15, 0.2) is 224 Å². The molecular formula is C55H37N. The molecule has 9 aromatic carbocycles. The van der Waals surface area contributed by atoms with Crippen molar-refractivity contribution in [3.8, 4) is 55.6 Å². The first kappa shape index (κ1) is 32.2. The number of hydrogen-bond donors (Lipinski definition) is 0. The van der Waals surface area contributed by atoms with Crippen LogP contribution < -0.4 is 4.90 Å². The van der Waals surface area contributed by atoms with Crippen molar-refractivity contribution < 1.29 is 0 Å². The molecule has 2 aliphatic rings. The summed E-state index contributed by atoms with van der Waals surface area (Å²) in [6.45, 7) is 0. The van der Waals surface area contributed by atoms with E-state index >= 15 is 0 Å². The molecule has 0 amide bonds. The van der Waals surface area contributed by atoms with Gasteiger partial charge in [0.25, 0.3) is 0 Å². The Morgan fingerprint density at radius 2 is 0.607 bits per heavy atom. The van der Waals surface area contributed by atoms with Crippen molar-refractivity contribution in [2.24, 2.45) is 0 Å². The van der Waals surface area contributed by atoms with Crippen molar-refractivity contribution in [2.75, 3.05) is 4.90 Å². The van der Waals surface area contributed by atoms with Gasteiger partial charge < -0.3 is 4.90 Å². The van der Waals surface area contributed by atoms with Crippen LogP contribution in [0.25, 0.3) is 55.6 Å². The number of hydrogen-bond acceptors (Lipinski definition) is 1. The molecule has 11 rings (SSSR count). The summed E-state index contributed by atoms with van der Waals surface area (Å²) in [6, 6.07) is 82.5. The monoisotopic (exact) mass is 711 g/mol. The van der Waals surface area contributed by atoms with E-state index in [9.17, 15) is 0 Å². The summed E-state index contributed by atoms with van der Waals surface area (Å²) in [7, 11) is 0. The van der Waals surface area contributed by atoms with E-state index in [2.05, 4.69) is 229 Å². The predicted octanol–water partition coefficient (Wildman–Crippen LogP) is 14.5. The van der Waals surface area contributed by atoms with Gasteiger partial charge >= 0.3 is 0 Å². The molecule has 0 heterocycles. The summed E-state index contributed by atoms with van der Waals surface area (Å²) in [5.41, 5.74) is 20.6. The molecule has 0 saturated heterocycles. The molecule has 0 saturated carbocycles. The minimum Gasteiger partial charge on any atom is -0.310 e. The van der Waals surface area contributed by atoms with Crippen molar-refractivity contribution in [3.05, 3.63) is 247 Å². The van der Waals surface area contributed by atoms with E-state index < -0.39 is 5.41 Å². The first-order valence-electron chi connectivity index (χ1n) is 19.4. The molecule has 9 aromatic rings. The largest absolute Gasteiger partial charge is 0.310 e. The second-order valence-electron chi connectivity index (χ2n) is 14.9. The quantitative estimate of drug-likeness (QED) is 0.166. The molecule has 262 valence electrons. The van der Waals surface area contributed by atoms with Gasteiger partial charge in [0, 0.05) is 17.1 Å². The lowest BCUT2D eigenvalue weighted by Gasteiger charge is -2.32. The maximum Gasteiger partial charge on any atom is 0.0726 e. The highest BCUT2D eigenvalue weighted by atomic mass is 15.1. The fraction of sp³-hybridized carbons (Fsp3) is 0.0182. The third-order valence-electron chi connectivity index (χ3n) is 11.9. The normalized spacial score (nSPS) is 12.8. The molecule has 0 aliphatic heterocycles. The van der Waals surface area contributed by atoms with Crippen molar-refractivity contribution in [2.45, 2.75) is 5.41 Å². The first-order valence-corrected chi connectivity index (χ1v) is 19.4. The van der Waals surface area contributed by atoms with Crippen molar-refractivity contribution in [1.29, 1.82) is 0 Å². The lowest BCUT2D eigenvalue weighted by atomic mass is 9.70. The molecular weight excluding hydrogens is 675 g/mol. The molecule has 0 unspecified atom stereocenters. The summed E-state index contributed by atoms with van der Waals surface area (Å²) in [5, 5.41) is 0. The van der Waals surface area contributed by atoms with Gasteiger partial charge in [0.05, 0.1) is 5.41 Å². The van der Waals surface area contributed by atoms with Gasteiger partial charge in [0.2, 0.25) is 0 Å². The summed E-state index contributed by atoms with van der Waals surface area (Å²) in [4.78, 5) is 2.46. The lowest BCUT2D eigenvalue weighted by Crippen LogP contribution is -2.26. The van der Waals surface area contributed by atoms with E-state index in [0.29, 0.717) is 0 Å². The SMILES string of the molecule is c1ccc(-c2ccc(N(c3cc(-c4ccccc4)cc(-c4ccccc4)c3)c3ccc4c(c3)C3(c5ccccc5-c5ccccc53)c3ccccc3-4)cc2)cc1. The molecule has 2 aliphatic carbocycles. The van der Waals surface area contributed by atoms with E-state index in [1.54, 1.807) is 0 Å². The van der Waals surface area contributed by atoms with Crippen LogP contribution in [0, 0.1) is 0 Å². The molecule has 0 radical (unpaired) electrons. The summed E-state index contributed by atoms with van der Waals surface area (Å²) >= 11 is 0. The maximum atomic E-state index is 2.48. The molecule has 1 spiro atoms. The number of rotatable bonds is 6. The van der Waals surface area contributed by atoms with Gasteiger partial charge in [-0.25, -0.2) is 0 Å². The highest BCUT2D eigenvalue weighted by Gasteiger charge is 2.51. The molecule has 0 atom stereocenters. The van der Waals surface area contributed by atoms with Crippen molar-refractivity contribution in [3.63, 3.8) is 0 Å². The Labute approximate surface area is 328 Å². The van der Waals surface area contributed by atoms with Crippen LogP contribution in [0.1, 0.15) is 22.3 Å². The summed E-state index contributed by atoms with van der Waals surface area (Å²) in [5.74, 6) is 0. The summed E-state index contributed by atoms with van der Waals surface area (Å²) < 4.78 is 0. The van der Waals surface area contributed by atoms with Gasteiger partial charge in [0.15, 0.2) is 0 Å². The molecule has 0 bridgehead atoms. The Balaban J connectivity index is 1.17. The minimum absolute atomic E-state index is 0.432. The fourth-order valence-electron chi connectivity index (χ4n) is 9.44. The molecule has 0 aromatic heterocycles. The predicted molar refractivity (Wildman–Crippen MR) is 234 cm³/mol. The average Bonchev–Trinajstić information content (AvgIpc) is 3.75. The number of nitrogens with zero attached hydrogens (tertiary/aromatic N) is 1. The minimum atomic E-state index is -0.432. The lowest BCUT2D eigenvalue weighted by molar-refractivity contribution is 0.793. The molecule has 1 nitrogen and oxygen atoms in total. The zero-order chi connectivity index (χ0) is 37.1. The molecule has 0 N–H and O–H groups in total. The van der Waals surface area contributed by atoms with E-state index in [1.807, 2.05) is 0 Å². The summed E-state index contributed by atoms with van der Waals surface area (Å²) in [6.07, 6.45) is 0. The van der Waals surface area contributed by atoms with Gasteiger partial charge in [-0.2, -0.15) is 0 Å². The van der Waals surface area contributed by atoms with E-state index in [-0.39, 0.29) is 0 Å². The third kappa shape index (κ3) is 4.95. The van der Waals surface area contributed by atoms with Crippen LogP contribution in [0.4, 0.5) is 17.1 Å². The Morgan fingerprint density at radius 1 is 0.232 bits per heavy atom. The van der Waals surface area contributed by atoms with Gasteiger partial charge in [-0.1, -0.05) is 182 Å². The van der Waals surface area contributed by atoms with Crippen molar-refractivity contribution >= 4 is 17.1 Å². The standard InChI is InChI=1S/C55H37N/c1-4-16-38(17-5-1)41-28-30-44(31-29-41)56(46-35-42(39-18-6-2-7-19-39)34-43(36-46)40-20-8-3-9-21-40)45-32-33-50-49-24-12-15-27-53(49)55(54(50)37-45)51-25-13-10-22-47(51)48-23-11-14-26-52(48)55/h1-37H. The Hall–Kier alpha value is -7.22. The maximum absolute atomic E-state index is 2.48. The zero-order valence-electron chi connectivity index (χ0n) is 30.8. The van der Waals surface area contributed by atoms with Crippen LogP contribution in [0.3, 0.4) is 0 Å². The van der Waals surface area contributed by atoms with Crippen molar-refractivity contribution in [1.82, 2.24) is 0 Å². The Morgan fingerprint density at radius 3 is 1.09 bits per heavy atom. The Bertz CT molecular complexity index is 2770. The second-order valence-corrected chi connectivity index (χ2v) is 14.9. The molecule has 1 heteroatoms. The van der Waals surface area contributed by atoms with E-state index in [1.165, 1.54) is 77.9 Å². The van der Waals surface area contributed by atoms with Crippen LogP contribution in [0.2, 0.25) is 0 Å². The van der Waals surface area contributed by atoms with E-state index in [4.69, 9.17) is 0 Å². The highest BCUT2D eigenvalue weighted by molar-refractivity contribution is 5.96. The number of anilines is 3. The van der Waals surface area contributed by atoms with Crippen LogP contribution >= 0.6 is 0 Å².